The number of nitrogens with zero attached hydrogens (tertiary/aromatic N) is 2. The van der Waals surface area contributed by atoms with Crippen molar-refractivity contribution in [1.29, 1.82) is 0 Å². The van der Waals surface area contributed by atoms with Crippen LogP contribution in [-0.4, -0.2) is 40.4 Å². The SMILES string of the molecule is COc1cc(/C=N\NC(=O)CN(c2ccc(Cl)cc2)S(C)(=O)=O)ccc1OCc1ccccc1. The van der Waals surface area contributed by atoms with Crippen LogP contribution in [0, 0.1) is 0 Å². The second-order valence-electron chi connectivity index (χ2n) is 7.22. The number of carbonyl (C=O) groups is 1. The Kier molecular flexibility index (Phi) is 8.50. The summed E-state index contributed by atoms with van der Waals surface area (Å²) in [6.45, 7) is -0.0431. The summed E-state index contributed by atoms with van der Waals surface area (Å²) in [6, 6.07) is 21.1. The number of hydrazone groups is 1. The fourth-order valence-electron chi connectivity index (χ4n) is 2.97. The molecule has 34 heavy (non-hydrogen) atoms. The highest BCUT2D eigenvalue weighted by molar-refractivity contribution is 7.92. The first-order chi connectivity index (χ1) is 16.3. The Morgan fingerprint density at radius 2 is 1.76 bits per heavy atom. The number of hydrogen-bond acceptors (Lipinski definition) is 6. The van der Waals surface area contributed by atoms with Gasteiger partial charge in [-0.2, -0.15) is 5.10 Å². The molecule has 0 bridgehead atoms. The lowest BCUT2D eigenvalue weighted by Gasteiger charge is -2.21. The number of ether oxygens (including phenoxy) is 2. The lowest BCUT2D eigenvalue weighted by Crippen LogP contribution is -2.38. The van der Waals surface area contributed by atoms with Crippen LogP contribution in [0.15, 0.2) is 77.9 Å². The highest BCUT2D eigenvalue weighted by Gasteiger charge is 2.20. The van der Waals surface area contributed by atoms with Gasteiger partial charge in [0.2, 0.25) is 10.0 Å². The van der Waals surface area contributed by atoms with Gasteiger partial charge in [0.1, 0.15) is 13.2 Å². The van der Waals surface area contributed by atoms with Crippen LogP contribution < -0.4 is 19.2 Å². The van der Waals surface area contributed by atoms with E-state index in [9.17, 15) is 13.2 Å². The molecule has 8 nitrogen and oxygen atoms in total. The smallest absolute Gasteiger partial charge is 0.260 e. The van der Waals surface area contributed by atoms with Gasteiger partial charge in [0, 0.05) is 5.02 Å². The van der Waals surface area contributed by atoms with Crippen LogP contribution in [0.3, 0.4) is 0 Å². The molecular formula is C24H24ClN3O5S. The monoisotopic (exact) mass is 501 g/mol. The van der Waals surface area contributed by atoms with E-state index >= 15 is 0 Å². The predicted molar refractivity (Wildman–Crippen MR) is 133 cm³/mol. The third-order valence-corrected chi connectivity index (χ3v) is 6.02. The highest BCUT2D eigenvalue weighted by Crippen LogP contribution is 2.28. The minimum Gasteiger partial charge on any atom is -0.493 e. The summed E-state index contributed by atoms with van der Waals surface area (Å²) in [5, 5.41) is 4.38. The van der Waals surface area contributed by atoms with Crippen LogP contribution >= 0.6 is 11.6 Å². The van der Waals surface area contributed by atoms with E-state index in [4.69, 9.17) is 21.1 Å². The van der Waals surface area contributed by atoms with E-state index in [1.165, 1.54) is 25.5 Å². The number of amides is 1. The van der Waals surface area contributed by atoms with E-state index in [1.807, 2.05) is 30.3 Å². The summed E-state index contributed by atoms with van der Waals surface area (Å²) in [5.41, 5.74) is 4.34. The van der Waals surface area contributed by atoms with E-state index in [1.54, 1.807) is 30.3 Å². The second kappa shape index (κ2) is 11.5. The minimum atomic E-state index is -3.70. The number of benzene rings is 3. The van der Waals surface area contributed by atoms with Gasteiger partial charge in [-0.25, -0.2) is 13.8 Å². The fourth-order valence-corrected chi connectivity index (χ4v) is 3.95. The zero-order valence-corrected chi connectivity index (χ0v) is 20.2. The molecule has 3 aromatic carbocycles. The lowest BCUT2D eigenvalue weighted by atomic mass is 10.2. The van der Waals surface area contributed by atoms with E-state index in [2.05, 4.69) is 10.5 Å². The molecule has 0 spiro atoms. The van der Waals surface area contributed by atoms with Crippen LogP contribution in [-0.2, 0) is 21.4 Å². The molecule has 1 amide bonds. The van der Waals surface area contributed by atoms with Crippen molar-refractivity contribution in [1.82, 2.24) is 5.43 Å². The molecule has 0 unspecified atom stereocenters. The average molecular weight is 502 g/mol. The molecule has 0 aliphatic carbocycles. The molecule has 0 heterocycles. The Morgan fingerprint density at radius 3 is 2.41 bits per heavy atom. The van der Waals surface area contributed by atoms with Gasteiger partial charge in [0.15, 0.2) is 11.5 Å². The Balaban J connectivity index is 1.62. The number of carbonyl (C=O) groups excluding carboxylic acids is 1. The van der Waals surface area contributed by atoms with Crippen LogP contribution in [0.4, 0.5) is 5.69 Å². The molecular weight excluding hydrogens is 478 g/mol. The summed E-state index contributed by atoms with van der Waals surface area (Å²) in [7, 11) is -2.16. The van der Waals surface area contributed by atoms with E-state index < -0.39 is 22.5 Å². The summed E-state index contributed by atoms with van der Waals surface area (Å²) in [4.78, 5) is 12.3. The zero-order chi connectivity index (χ0) is 24.6. The topological polar surface area (TPSA) is 97.3 Å². The number of sulfonamides is 1. The maximum absolute atomic E-state index is 12.3. The third-order valence-electron chi connectivity index (χ3n) is 4.63. The summed E-state index contributed by atoms with van der Waals surface area (Å²) in [6.07, 6.45) is 2.44. The van der Waals surface area contributed by atoms with Gasteiger partial charge in [-0.05, 0) is 53.6 Å². The van der Waals surface area contributed by atoms with Gasteiger partial charge >= 0.3 is 0 Å². The third kappa shape index (κ3) is 7.23. The van der Waals surface area contributed by atoms with E-state index in [0.717, 1.165) is 16.1 Å². The van der Waals surface area contributed by atoms with Gasteiger partial charge < -0.3 is 9.47 Å². The minimum absolute atomic E-state index is 0.321. The van der Waals surface area contributed by atoms with Crippen molar-refractivity contribution < 1.29 is 22.7 Å². The van der Waals surface area contributed by atoms with Crippen molar-refractivity contribution in [2.45, 2.75) is 6.61 Å². The van der Waals surface area contributed by atoms with Crippen molar-refractivity contribution in [3.8, 4) is 11.5 Å². The van der Waals surface area contributed by atoms with Gasteiger partial charge in [-0.1, -0.05) is 41.9 Å². The molecule has 0 aromatic heterocycles. The molecule has 0 aliphatic rings. The maximum Gasteiger partial charge on any atom is 0.260 e. The molecule has 3 aromatic rings. The molecule has 0 fully saturated rings. The number of halogens is 1. The Labute approximate surface area is 203 Å². The Morgan fingerprint density at radius 1 is 1.06 bits per heavy atom. The lowest BCUT2D eigenvalue weighted by molar-refractivity contribution is -0.119. The van der Waals surface area contributed by atoms with Crippen molar-refractivity contribution in [2.24, 2.45) is 5.10 Å². The molecule has 0 saturated carbocycles. The van der Waals surface area contributed by atoms with Crippen molar-refractivity contribution >= 4 is 39.4 Å². The van der Waals surface area contributed by atoms with Gasteiger partial charge in [0.05, 0.1) is 25.3 Å². The average Bonchev–Trinajstić information content (AvgIpc) is 2.82. The number of nitrogens with one attached hydrogen (secondary N) is 1. The van der Waals surface area contributed by atoms with Crippen LogP contribution in [0.25, 0.3) is 0 Å². The van der Waals surface area contributed by atoms with Crippen LogP contribution in [0.5, 0.6) is 11.5 Å². The van der Waals surface area contributed by atoms with Crippen molar-refractivity contribution in [3.63, 3.8) is 0 Å². The van der Waals surface area contributed by atoms with Gasteiger partial charge in [0.25, 0.3) is 5.91 Å². The van der Waals surface area contributed by atoms with E-state index in [0.29, 0.717) is 34.4 Å². The molecule has 0 radical (unpaired) electrons. The first-order valence-electron chi connectivity index (χ1n) is 10.2. The largest absolute Gasteiger partial charge is 0.493 e. The number of methoxy groups -OCH3 is 1. The maximum atomic E-state index is 12.3. The first kappa shape index (κ1) is 25.1. The molecule has 3 rings (SSSR count). The quantitative estimate of drug-likeness (QED) is 0.336. The molecule has 10 heteroatoms. The van der Waals surface area contributed by atoms with E-state index in [-0.39, 0.29) is 0 Å². The van der Waals surface area contributed by atoms with Crippen LogP contribution in [0.2, 0.25) is 5.02 Å². The fraction of sp³-hybridized carbons (Fsp3) is 0.167. The molecule has 0 atom stereocenters. The normalized spacial score (nSPS) is 11.3. The first-order valence-corrected chi connectivity index (χ1v) is 12.4. The zero-order valence-electron chi connectivity index (χ0n) is 18.6. The standard InChI is InChI=1S/C24H24ClN3O5S/c1-32-23-14-19(8-13-22(23)33-17-18-6-4-3-5-7-18)15-26-27-24(29)16-28(34(2,30)31)21-11-9-20(25)10-12-21/h3-15H,16-17H2,1-2H3,(H,27,29)/b26-15-. The van der Waals surface area contributed by atoms with Crippen molar-refractivity contribution in [2.75, 3.05) is 24.2 Å². The number of rotatable bonds is 10. The molecule has 0 aliphatic heterocycles. The molecule has 1 N–H and O–H groups in total. The molecule has 178 valence electrons. The van der Waals surface area contributed by atoms with Gasteiger partial charge in [-0.15, -0.1) is 0 Å². The van der Waals surface area contributed by atoms with Gasteiger partial charge in [-0.3, -0.25) is 9.10 Å². The summed E-state index contributed by atoms with van der Waals surface area (Å²) in [5.74, 6) is 0.475. The Hall–Kier alpha value is -3.56. The predicted octanol–water partition coefficient (Wildman–Crippen LogP) is 3.84. The number of anilines is 1. The van der Waals surface area contributed by atoms with Crippen molar-refractivity contribution in [3.05, 3.63) is 88.9 Å². The second-order valence-corrected chi connectivity index (χ2v) is 9.57. The summed E-state index contributed by atoms with van der Waals surface area (Å²) >= 11 is 5.86. The van der Waals surface area contributed by atoms with Crippen LogP contribution in [0.1, 0.15) is 11.1 Å². The highest BCUT2D eigenvalue weighted by atomic mass is 35.5. The summed E-state index contributed by atoms with van der Waals surface area (Å²) < 4.78 is 36.5. The Bertz CT molecular complexity index is 1250. The molecule has 0 saturated heterocycles. The number of hydrogen-bond donors (Lipinski definition) is 1.